The quantitative estimate of drug-likeness (QED) is 0.649. The van der Waals surface area contributed by atoms with Gasteiger partial charge >= 0.3 is 5.97 Å². The van der Waals surface area contributed by atoms with E-state index in [4.69, 9.17) is 10.5 Å². The largest absolute Gasteiger partial charge is 0.466 e. The standard InChI is InChI=1S/C10H13FN2O2.ClH/c1-2-15-9(14)6-8(12)7-4-3-5-13-10(7)11;/h3-5,8H,2,6,12H2,1H3;1H/t8-;/m1./s1. The molecule has 0 aliphatic heterocycles. The Hall–Kier alpha value is -1.20. The van der Waals surface area contributed by atoms with Gasteiger partial charge in [0.05, 0.1) is 13.0 Å². The molecule has 0 spiro atoms. The summed E-state index contributed by atoms with van der Waals surface area (Å²) >= 11 is 0. The van der Waals surface area contributed by atoms with Crippen LogP contribution in [0.5, 0.6) is 0 Å². The van der Waals surface area contributed by atoms with Crippen LogP contribution in [0.3, 0.4) is 0 Å². The van der Waals surface area contributed by atoms with Gasteiger partial charge in [-0.05, 0) is 13.0 Å². The predicted molar refractivity (Wildman–Crippen MR) is 59.6 cm³/mol. The normalized spacial score (nSPS) is 11.4. The molecule has 1 aromatic rings. The first-order valence-electron chi connectivity index (χ1n) is 4.66. The Kier molecular flexibility index (Phi) is 6.60. The highest BCUT2D eigenvalue weighted by atomic mass is 35.5. The van der Waals surface area contributed by atoms with Crippen LogP contribution in [0.1, 0.15) is 24.9 Å². The number of nitrogens with two attached hydrogens (primary N) is 1. The minimum Gasteiger partial charge on any atom is -0.466 e. The van der Waals surface area contributed by atoms with E-state index in [1.807, 2.05) is 0 Å². The zero-order valence-electron chi connectivity index (χ0n) is 8.85. The molecule has 0 aliphatic rings. The van der Waals surface area contributed by atoms with Crippen LogP contribution in [0.2, 0.25) is 0 Å². The third kappa shape index (κ3) is 4.12. The van der Waals surface area contributed by atoms with Gasteiger partial charge < -0.3 is 10.5 Å². The zero-order valence-corrected chi connectivity index (χ0v) is 9.67. The minimum absolute atomic E-state index is 0. The highest BCUT2D eigenvalue weighted by molar-refractivity contribution is 5.85. The molecule has 4 nitrogen and oxygen atoms in total. The van der Waals surface area contributed by atoms with Crippen LogP contribution in [0, 0.1) is 5.95 Å². The zero-order chi connectivity index (χ0) is 11.3. The third-order valence-corrected chi connectivity index (χ3v) is 1.88. The van der Waals surface area contributed by atoms with Crippen LogP contribution < -0.4 is 5.73 Å². The highest BCUT2D eigenvalue weighted by Gasteiger charge is 2.16. The van der Waals surface area contributed by atoms with E-state index < -0.39 is 18.0 Å². The summed E-state index contributed by atoms with van der Waals surface area (Å²) in [6.07, 6.45) is 1.28. The molecule has 0 unspecified atom stereocenters. The van der Waals surface area contributed by atoms with Crippen LogP contribution in [0.15, 0.2) is 18.3 Å². The molecular weight excluding hydrogens is 235 g/mol. The predicted octanol–water partition coefficient (Wildman–Crippen LogP) is 1.60. The fourth-order valence-corrected chi connectivity index (χ4v) is 1.18. The van der Waals surface area contributed by atoms with Crippen molar-refractivity contribution in [3.05, 3.63) is 29.8 Å². The van der Waals surface area contributed by atoms with Crippen LogP contribution in [-0.2, 0) is 9.53 Å². The lowest BCUT2D eigenvalue weighted by Gasteiger charge is -2.10. The number of hydrogen-bond acceptors (Lipinski definition) is 4. The lowest BCUT2D eigenvalue weighted by molar-refractivity contribution is -0.143. The molecule has 1 heterocycles. The Morgan fingerprint density at radius 1 is 1.69 bits per heavy atom. The summed E-state index contributed by atoms with van der Waals surface area (Å²) in [5.74, 6) is -1.08. The minimum atomic E-state index is -0.710. The molecule has 0 aliphatic carbocycles. The molecule has 0 aromatic carbocycles. The molecule has 0 saturated carbocycles. The lowest BCUT2D eigenvalue weighted by atomic mass is 10.1. The number of aromatic nitrogens is 1. The topological polar surface area (TPSA) is 65.2 Å². The van der Waals surface area contributed by atoms with Crippen molar-refractivity contribution in [3.8, 4) is 0 Å². The van der Waals surface area contributed by atoms with Gasteiger partial charge in [0, 0.05) is 17.8 Å². The molecule has 90 valence electrons. The molecule has 1 rings (SSSR count). The van der Waals surface area contributed by atoms with Crippen LogP contribution in [-0.4, -0.2) is 17.6 Å². The molecule has 0 amide bonds. The van der Waals surface area contributed by atoms with Gasteiger partial charge in [0.2, 0.25) is 5.95 Å². The number of hydrogen-bond donors (Lipinski definition) is 1. The molecule has 0 radical (unpaired) electrons. The Bertz CT molecular complexity index is 349. The van der Waals surface area contributed by atoms with Crippen molar-refractivity contribution in [2.45, 2.75) is 19.4 Å². The second kappa shape index (κ2) is 7.14. The molecule has 16 heavy (non-hydrogen) atoms. The third-order valence-electron chi connectivity index (χ3n) is 1.88. The summed E-state index contributed by atoms with van der Waals surface area (Å²) in [7, 11) is 0. The van der Waals surface area contributed by atoms with Crippen molar-refractivity contribution < 1.29 is 13.9 Å². The molecular formula is C10H14ClFN2O2. The monoisotopic (exact) mass is 248 g/mol. The van der Waals surface area contributed by atoms with Gasteiger partial charge in [-0.15, -0.1) is 12.4 Å². The Morgan fingerprint density at radius 3 is 2.94 bits per heavy atom. The van der Waals surface area contributed by atoms with Gasteiger partial charge in [-0.2, -0.15) is 4.39 Å². The van der Waals surface area contributed by atoms with Crippen molar-refractivity contribution in [1.29, 1.82) is 0 Å². The smallest absolute Gasteiger partial charge is 0.307 e. The summed E-state index contributed by atoms with van der Waals surface area (Å²) in [6, 6.07) is 2.37. The number of pyridine rings is 1. The molecule has 0 fully saturated rings. The lowest BCUT2D eigenvalue weighted by Crippen LogP contribution is -2.18. The molecule has 0 bridgehead atoms. The molecule has 2 N–H and O–H groups in total. The van der Waals surface area contributed by atoms with E-state index >= 15 is 0 Å². The van der Waals surface area contributed by atoms with Gasteiger partial charge in [-0.1, -0.05) is 6.07 Å². The Balaban J connectivity index is 0.00000225. The summed E-state index contributed by atoms with van der Waals surface area (Å²) in [5, 5.41) is 0. The number of esters is 1. The van der Waals surface area contributed by atoms with E-state index in [1.54, 1.807) is 13.0 Å². The van der Waals surface area contributed by atoms with E-state index in [-0.39, 0.29) is 24.4 Å². The average molecular weight is 249 g/mol. The van der Waals surface area contributed by atoms with E-state index in [9.17, 15) is 9.18 Å². The first kappa shape index (κ1) is 14.8. The summed E-state index contributed by atoms with van der Waals surface area (Å²) < 4.78 is 17.8. The van der Waals surface area contributed by atoms with Gasteiger partial charge in [0.1, 0.15) is 0 Å². The molecule has 1 atom stereocenters. The summed E-state index contributed by atoms with van der Waals surface area (Å²) in [5.41, 5.74) is 5.87. The molecule has 6 heteroatoms. The van der Waals surface area contributed by atoms with Gasteiger partial charge in [0.15, 0.2) is 0 Å². The van der Waals surface area contributed by atoms with Crippen molar-refractivity contribution in [2.75, 3.05) is 6.61 Å². The number of halogens is 2. The van der Waals surface area contributed by atoms with E-state index in [2.05, 4.69) is 4.98 Å². The number of ether oxygens (including phenoxy) is 1. The van der Waals surface area contributed by atoms with Gasteiger partial charge in [0.25, 0.3) is 0 Å². The SMILES string of the molecule is CCOC(=O)C[C@@H](N)c1cccnc1F.Cl. The number of nitrogens with zero attached hydrogens (tertiary/aromatic N) is 1. The van der Waals surface area contributed by atoms with Gasteiger partial charge in [-0.25, -0.2) is 4.98 Å². The van der Waals surface area contributed by atoms with Crippen molar-refractivity contribution in [2.24, 2.45) is 5.73 Å². The maximum atomic E-state index is 13.1. The molecule has 1 aromatic heterocycles. The first-order chi connectivity index (χ1) is 7.15. The van der Waals surface area contributed by atoms with Crippen LogP contribution in [0.25, 0.3) is 0 Å². The second-order valence-corrected chi connectivity index (χ2v) is 3.00. The fraction of sp³-hybridized carbons (Fsp3) is 0.400. The van der Waals surface area contributed by atoms with Crippen molar-refractivity contribution in [3.63, 3.8) is 0 Å². The summed E-state index contributed by atoms with van der Waals surface area (Å²) in [6.45, 7) is 2.00. The maximum Gasteiger partial charge on any atom is 0.307 e. The van der Waals surface area contributed by atoms with Gasteiger partial charge in [-0.3, -0.25) is 4.79 Å². The first-order valence-corrected chi connectivity index (χ1v) is 4.66. The maximum absolute atomic E-state index is 13.1. The number of carbonyl (C=O) groups excluding carboxylic acids is 1. The van der Waals surface area contributed by atoms with E-state index in [0.717, 1.165) is 0 Å². The number of rotatable bonds is 4. The second-order valence-electron chi connectivity index (χ2n) is 3.00. The van der Waals surface area contributed by atoms with Crippen LogP contribution >= 0.6 is 12.4 Å². The highest BCUT2D eigenvalue weighted by Crippen LogP contribution is 2.16. The van der Waals surface area contributed by atoms with E-state index in [0.29, 0.717) is 6.61 Å². The van der Waals surface area contributed by atoms with Crippen molar-refractivity contribution in [1.82, 2.24) is 4.98 Å². The Labute approximate surface area is 99.4 Å². The summed E-state index contributed by atoms with van der Waals surface area (Å²) in [4.78, 5) is 14.5. The average Bonchev–Trinajstić information content (AvgIpc) is 2.18. The number of carbonyl (C=O) groups is 1. The van der Waals surface area contributed by atoms with E-state index in [1.165, 1.54) is 12.3 Å². The Morgan fingerprint density at radius 2 is 2.38 bits per heavy atom. The van der Waals surface area contributed by atoms with Crippen molar-refractivity contribution >= 4 is 18.4 Å². The van der Waals surface area contributed by atoms with Crippen LogP contribution in [0.4, 0.5) is 4.39 Å². The fourth-order valence-electron chi connectivity index (χ4n) is 1.18. The molecule has 0 saturated heterocycles.